The molecule has 0 radical (unpaired) electrons. The minimum absolute atomic E-state index is 0.267. The Morgan fingerprint density at radius 1 is 1.03 bits per heavy atom. The van der Waals surface area contributed by atoms with Crippen LogP contribution in [0.15, 0.2) is 67.3 Å². The van der Waals surface area contributed by atoms with Gasteiger partial charge in [0.1, 0.15) is 15.7 Å². The molecule has 1 N–H and O–H groups in total. The van der Waals surface area contributed by atoms with Crippen LogP contribution in [0.3, 0.4) is 0 Å². The monoisotopic (exact) mass is 508 g/mol. The van der Waals surface area contributed by atoms with Crippen molar-refractivity contribution in [2.75, 3.05) is 5.32 Å². The molecule has 1 aliphatic rings. The first kappa shape index (κ1) is 18.9. The number of aromatic nitrogens is 5. The van der Waals surface area contributed by atoms with Crippen LogP contribution < -0.4 is 5.32 Å². The second-order valence-corrected chi connectivity index (χ2v) is 8.23. The molecule has 5 rings (SSSR count). The number of anilines is 1. The van der Waals surface area contributed by atoms with Crippen molar-refractivity contribution < 1.29 is 4.79 Å². The van der Waals surface area contributed by atoms with E-state index in [1.807, 2.05) is 42.5 Å². The van der Waals surface area contributed by atoms with E-state index >= 15 is 0 Å². The largest absolute Gasteiger partial charge is 0.321 e. The van der Waals surface area contributed by atoms with Gasteiger partial charge in [0.15, 0.2) is 5.82 Å². The van der Waals surface area contributed by atoms with Gasteiger partial charge in [-0.05, 0) is 71.3 Å². The van der Waals surface area contributed by atoms with Crippen molar-refractivity contribution >= 4 is 34.2 Å². The highest BCUT2D eigenvalue weighted by Gasteiger charge is 2.26. The van der Waals surface area contributed by atoms with Crippen molar-refractivity contribution in [1.29, 1.82) is 0 Å². The van der Waals surface area contributed by atoms with Crippen LogP contribution in [0, 0.1) is 3.70 Å². The summed E-state index contributed by atoms with van der Waals surface area (Å²) in [5.41, 5.74) is 3.78. The number of nitrogens with zero attached hydrogens (tertiary/aromatic N) is 5. The molecule has 4 aromatic rings. The van der Waals surface area contributed by atoms with E-state index in [1.54, 1.807) is 24.8 Å². The Hall–Kier alpha value is -3.14. The summed E-state index contributed by atoms with van der Waals surface area (Å²) in [6.07, 6.45) is 7.50. The average molecular weight is 508 g/mol. The molecule has 30 heavy (non-hydrogen) atoms. The molecule has 0 unspecified atom stereocenters. The van der Waals surface area contributed by atoms with Crippen LogP contribution in [0.5, 0.6) is 0 Å². The van der Waals surface area contributed by atoms with E-state index in [0.29, 0.717) is 17.4 Å². The van der Waals surface area contributed by atoms with E-state index in [1.165, 1.54) is 0 Å². The lowest BCUT2D eigenvalue weighted by Crippen LogP contribution is -2.13. The Balaban J connectivity index is 1.37. The van der Waals surface area contributed by atoms with Gasteiger partial charge in [0.05, 0.1) is 0 Å². The number of benzene rings is 1. The van der Waals surface area contributed by atoms with Gasteiger partial charge in [-0.3, -0.25) is 9.78 Å². The van der Waals surface area contributed by atoms with E-state index in [9.17, 15) is 4.79 Å². The number of carbonyl (C=O) groups is 1. The average Bonchev–Trinajstić information content (AvgIpc) is 3.50. The summed E-state index contributed by atoms with van der Waals surface area (Å²) in [5, 5.41) is 11.2. The van der Waals surface area contributed by atoms with Gasteiger partial charge in [-0.1, -0.05) is 18.2 Å². The molecular formula is C22H17IN6O. The maximum absolute atomic E-state index is 12.8. The molecule has 0 saturated heterocycles. The van der Waals surface area contributed by atoms with Gasteiger partial charge in [-0.15, -0.1) is 10.2 Å². The highest BCUT2D eigenvalue weighted by molar-refractivity contribution is 14.1. The minimum Gasteiger partial charge on any atom is -0.321 e. The molecule has 0 bridgehead atoms. The van der Waals surface area contributed by atoms with E-state index in [4.69, 9.17) is 0 Å². The van der Waals surface area contributed by atoms with Crippen molar-refractivity contribution in [1.82, 2.24) is 24.7 Å². The van der Waals surface area contributed by atoms with Gasteiger partial charge in [-0.25, -0.2) is 4.98 Å². The Bertz CT molecular complexity index is 1220. The van der Waals surface area contributed by atoms with Crippen molar-refractivity contribution in [2.24, 2.45) is 0 Å². The summed E-state index contributed by atoms with van der Waals surface area (Å²) in [4.78, 5) is 21.4. The molecule has 1 saturated carbocycles. The number of hydrogen-bond acceptors (Lipinski definition) is 5. The maximum Gasteiger partial charge on any atom is 0.274 e. The molecule has 1 aliphatic carbocycles. The molecule has 8 heteroatoms. The zero-order chi connectivity index (χ0) is 20.5. The first-order valence-electron chi connectivity index (χ1n) is 9.57. The van der Waals surface area contributed by atoms with Gasteiger partial charge in [-0.2, -0.15) is 0 Å². The van der Waals surface area contributed by atoms with E-state index in [-0.39, 0.29) is 5.91 Å². The zero-order valence-corrected chi connectivity index (χ0v) is 18.0. The van der Waals surface area contributed by atoms with Gasteiger partial charge in [0, 0.05) is 35.2 Å². The maximum atomic E-state index is 12.8. The second-order valence-electron chi connectivity index (χ2n) is 7.13. The fraction of sp³-hybridized carbons (Fsp3) is 0.136. The molecule has 3 heterocycles. The number of hydrogen-bond donors (Lipinski definition) is 1. The first-order valence-corrected chi connectivity index (χ1v) is 10.6. The summed E-state index contributed by atoms with van der Waals surface area (Å²) in [6, 6.07) is 15.7. The normalized spacial score (nSPS) is 13.2. The van der Waals surface area contributed by atoms with E-state index < -0.39 is 0 Å². The fourth-order valence-electron chi connectivity index (χ4n) is 3.28. The van der Waals surface area contributed by atoms with Crippen LogP contribution >= 0.6 is 22.6 Å². The van der Waals surface area contributed by atoms with Gasteiger partial charge >= 0.3 is 0 Å². The lowest BCUT2D eigenvalue weighted by atomic mass is 10.1. The molecule has 148 valence electrons. The van der Waals surface area contributed by atoms with Crippen molar-refractivity contribution in [3.63, 3.8) is 0 Å². The highest BCUT2D eigenvalue weighted by atomic mass is 127. The van der Waals surface area contributed by atoms with Crippen LogP contribution in [0.25, 0.3) is 22.5 Å². The SMILES string of the molecule is O=C(Nc1cccc(-c2nncn2C2CC2)c1)c1cc(-c2ccc(I)nc2)ccn1. The number of rotatable bonds is 5. The standard InChI is InChI=1S/C22H17IN6O/c23-20-7-4-16(12-25-20)14-8-9-24-19(11-14)22(30)27-17-3-1-2-15(10-17)21-28-26-13-29(21)18-5-6-18/h1-4,7-13,18H,5-6H2,(H,27,30). The second kappa shape index (κ2) is 7.94. The molecule has 1 aromatic carbocycles. The predicted molar refractivity (Wildman–Crippen MR) is 122 cm³/mol. The van der Waals surface area contributed by atoms with Crippen LogP contribution in [-0.2, 0) is 0 Å². The number of pyridine rings is 2. The van der Waals surface area contributed by atoms with Crippen molar-refractivity contribution in [3.8, 4) is 22.5 Å². The number of nitrogens with one attached hydrogen (secondary N) is 1. The smallest absolute Gasteiger partial charge is 0.274 e. The predicted octanol–water partition coefficient (Wildman–Crippen LogP) is 4.59. The Morgan fingerprint density at radius 2 is 1.93 bits per heavy atom. The molecule has 0 atom stereocenters. The molecule has 1 amide bonds. The van der Waals surface area contributed by atoms with Crippen molar-refractivity contribution in [3.05, 3.63) is 76.6 Å². The Morgan fingerprint density at radius 3 is 2.73 bits per heavy atom. The summed E-state index contributed by atoms with van der Waals surface area (Å²) in [6.45, 7) is 0. The number of carbonyl (C=O) groups excluding carboxylic acids is 1. The van der Waals surface area contributed by atoms with E-state index in [0.717, 1.165) is 39.1 Å². The summed E-state index contributed by atoms with van der Waals surface area (Å²) < 4.78 is 3.02. The topological polar surface area (TPSA) is 85.6 Å². The molecular weight excluding hydrogens is 491 g/mol. The number of amides is 1. The minimum atomic E-state index is -0.267. The zero-order valence-electron chi connectivity index (χ0n) is 15.9. The summed E-state index contributed by atoms with van der Waals surface area (Å²) in [5.74, 6) is 0.552. The summed E-state index contributed by atoms with van der Waals surface area (Å²) in [7, 11) is 0. The third kappa shape index (κ3) is 3.95. The third-order valence-electron chi connectivity index (χ3n) is 4.95. The lowest BCUT2D eigenvalue weighted by molar-refractivity contribution is 0.102. The Labute approximate surface area is 186 Å². The number of halogens is 1. The molecule has 7 nitrogen and oxygen atoms in total. The fourth-order valence-corrected chi connectivity index (χ4v) is 3.60. The van der Waals surface area contributed by atoms with Crippen LogP contribution in [0.2, 0.25) is 0 Å². The molecule has 1 fully saturated rings. The highest BCUT2D eigenvalue weighted by Crippen LogP contribution is 2.37. The molecule has 0 spiro atoms. The molecule has 3 aromatic heterocycles. The van der Waals surface area contributed by atoms with Gasteiger partial charge in [0.25, 0.3) is 5.91 Å². The van der Waals surface area contributed by atoms with Crippen LogP contribution in [0.4, 0.5) is 5.69 Å². The summed E-state index contributed by atoms with van der Waals surface area (Å²) >= 11 is 2.16. The first-order chi connectivity index (χ1) is 14.7. The molecule has 0 aliphatic heterocycles. The lowest BCUT2D eigenvalue weighted by Gasteiger charge is -2.09. The van der Waals surface area contributed by atoms with E-state index in [2.05, 4.69) is 52.6 Å². The van der Waals surface area contributed by atoms with Gasteiger partial charge in [0.2, 0.25) is 0 Å². The third-order valence-corrected chi connectivity index (χ3v) is 5.58. The van der Waals surface area contributed by atoms with Crippen molar-refractivity contribution in [2.45, 2.75) is 18.9 Å². The van der Waals surface area contributed by atoms with Crippen LogP contribution in [0.1, 0.15) is 29.4 Å². The van der Waals surface area contributed by atoms with Gasteiger partial charge < -0.3 is 9.88 Å². The van der Waals surface area contributed by atoms with Crippen LogP contribution in [-0.4, -0.2) is 30.6 Å². The Kier molecular flexibility index (Phi) is 4.99. The quantitative estimate of drug-likeness (QED) is 0.315.